The number of aromatic nitrogens is 2. The van der Waals surface area contributed by atoms with Gasteiger partial charge < -0.3 is 15.8 Å². The van der Waals surface area contributed by atoms with E-state index in [-0.39, 0.29) is 0 Å². The number of nitrogens with zero attached hydrogens (tertiary/aromatic N) is 3. The van der Waals surface area contributed by atoms with Gasteiger partial charge in [0.2, 0.25) is 15.9 Å². The zero-order chi connectivity index (χ0) is 24.3. The number of ether oxygens (including phenoxy) is 1. The summed E-state index contributed by atoms with van der Waals surface area (Å²) in [5, 5.41) is 4.23. The first-order valence-electron chi connectivity index (χ1n) is 10.9. The van der Waals surface area contributed by atoms with Gasteiger partial charge in [-0.05, 0) is 30.2 Å². The van der Waals surface area contributed by atoms with Crippen molar-refractivity contribution in [2.24, 2.45) is 11.7 Å². The molecule has 2 aromatic carbocycles. The van der Waals surface area contributed by atoms with E-state index in [1.165, 1.54) is 6.33 Å². The molecule has 1 saturated heterocycles. The number of rotatable bonds is 7. The van der Waals surface area contributed by atoms with Crippen LogP contribution in [0.15, 0.2) is 48.8 Å². The molecule has 4 rings (SSSR count). The maximum absolute atomic E-state index is 12.5. The molecule has 1 unspecified atom stereocenters. The van der Waals surface area contributed by atoms with Crippen molar-refractivity contribution in [3.8, 4) is 5.75 Å². The number of nitrogens with two attached hydrogens (primary N) is 1. The summed E-state index contributed by atoms with van der Waals surface area (Å²) in [6, 6.07) is 13.0. The number of hydrogen-bond acceptors (Lipinski definition) is 9. The lowest BCUT2D eigenvalue weighted by Crippen LogP contribution is -2.53. The first-order chi connectivity index (χ1) is 16.2. The van der Waals surface area contributed by atoms with Crippen LogP contribution in [0.5, 0.6) is 5.75 Å². The number of methoxy groups -OCH3 is 1. The van der Waals surface area contributed by atoms with Crippen molar-refractivity contribution in [3.63, 3.8) is 0 Å². The second kappa shape index (κ2) is 9.92. The van der Waals surface area contributed by atoms with Crippen molar-refractivity contribution in [3.05, 3.63) is 54.4 Å². The normalized spacial score (nSPS) is 19.0. The molecule has 2 heterocycles. The van der Waals surface area contributed by atoms with Crippen LogP contribution in [0.4, 0.5) is 11.5 Å². The lowest BCUT2D eigenvalue weighted by Gasteiger charge is -2.36. The zero-order valence-corrected chi connectivity index (χ0v) is 19.9. The van der Waals surface area contributed by atoms with Crippen LogP contribution in [-0.2, 0) is 21.4 Å². The van der Waals surface area contributed by atoms with Crippen LogP contribution in [0.1, 0.15) is 12.0 Å². The van der Waals surface area contributed by atoms with Crippen LogP contribution in [-0.4, -0.2) is 61.7 Å². The Balaban J connectivity index is 1.60. The first kappa shape index (κ1) is 23.9. The molecule has 11 heteroatoms. The average Bonchev–Trinajstić information content (AvgIpc) is 2.79. The Morgan fingerprint density at radius 3 is 2.79 bits per heavy atom. The number of nitrogens with one attached hydrogen (secondary N) is 2. The SMILES string of the molecule is COc1cccc(Nc2ncnc3cccc(CN4CC[C@@H](N)C(C(=O)NS(C)(=O)=O)C4)c23)c1. The summed E-state index contributed by atoms with van der Waals surface area (Å²) in [4.78, 5) is 23.5. The Bertz CT molecular complexity index is 1290. The highest BCUT2D eigenvalue weighted by molar-refractivity contribution is 7.89. The molecule has 1 aliphatic heterocycles. The van der Waals surface area contributed by atoms with E-state index in [1.807, 2.05) is 42.5 Å². The maximum Gasteiger partial charge on any atom is 0.239 e. The lowest BCUT2D eigenvalue weighted by atomic mass is 9.92. The van der Waals surface area contributed by atoms with Crippen LogP contribution in [0.3, 0.4) is 0 Å². The molecule has 1 aliphatic rings. The number of benzene rings is 2. The smallest absolute Gasteiger partial charge is 0.239 e. The van der Waals surface area contributed by atoms with E-state index in [2.05, 4.69) is 24.9 Å². The van der Waals surface area contributed by atoms with Gasteiger partial charge in [0.1, 0.15) is 17.9 Å². The molecular weight excluding hydrogens is 456 g/mol. The zero-order valence-electron chi connectivity index (χ0n) is 19.1. The molecule has 0 spiro atoms. The fourth-order valence-corrected chi connectivity index (χ4v) is 4.72. The molecule has 34 heavy (non-hydrogen) atoms. The van der Waals surface area contributed by atoms with E-state index in [1.54, 1.807) is 7.11 Å². The van der Waals surface area contributed by atoms with Gasteiger partial charge in [-0.15, -0.1) is 0 Å². The van der Waals surface area contributed by atoms with Gasteiger partial charge in [0.05, 0.1) is 24.8 Å². The lowest BCUT2D eigenvalue weighted by molar-refractivity contribution is -0.125. The minimum Gasteiger partial charge on any atom is -0.497 e. The summed E-state index contributed by atoms with van der Waals surface area (Å²) >= 11 is 0. The van der Waals surface area contributed by atoms with Gasteiger partial charge in [-0.25, -0.2) is 18.4 Å². The highest BCUT2D eigenvalue weighted by Gasteiger charge is 2.33. The largest absolute Gasteiger partial charge is 0.497 e. The molecule has 0 radical (unpaired) electrons. The molecule has 1 amide bonds. The average molecular weight is 485 g/mol. The van der Waals surface area contributed by atoms with Crippen LogP contribution in [0.2, 0.25) is 0 Å². The van der Waals surface area contributed by atoms with Gasteiger partial charge in [-0.3, -0.25) is 14.4 Å². The van der Waals surface area contributed by atoms with Crippen molar-refractivity contribution >= 4 is 38.3 Å². The Morgan fingerprint density at radius 2 is 2.03 bits per heavy atom. The molecule has 3 aromatic rings. The first-order valence-corrected chi connectivity index (χ1v) is 12.8. The van der Waals surface area contributed by atoms with Crippen molar-refractivity contribution < 1.29 is 17.9 Å². The van der Waals surface area contributed by atoms with E-state index in [0.717, 1.165) is 34.2 Å². The standard InChI is InChI=1S/C23H28N6O4S/c1-33-17-7-4-6-16(11-17)27-22-21-15(5-3-8-20(21)25-14-26-22)12-29-10-9-19(24)18(13-29)23(30)28-34(2,31)32/h3-8,11,14,18-19H,9-10,12-13,24H2,1-2H3,(H,28,30)(H,25,26,27)/t18?,19-/m1/s1. The molecule has 4 N–H and O–H groups in total. The Hall–Kier alpha value is -3.28. The number of sulfonamides is 1. The molecule has 2 atom stereocenters. The topological polar surface area (TPSA) is 140 Å². The third kappa shape index (κ3) is 5.61. The molecule has 1 fully saturated rings. The number of anilines is 2. The monoisotopic (exact) mass is 484 g/mol. The predicted molar refractivity (Wildman–Crippen MR) is 130 cm³/mol. The molecule has 180 valence electrons. The van der Waals surface area contributed by atoms with Gasteiger partial charge in [-0.2, -0.15) is 0 Å². The Kier molecular flexibility index (Phi) is 6.96. The number of piperidine rings is 1. The maximum atomic E-state index is 12.5. The molecule has 10 nitrogen and oxygen atoms in total. The molecular formula is C23H28N6O4S. The van der Waals surface area contributed by atoms with E-state index in [4.69, 9.17) is 10.5 Å². The van der Waals surface area contributed by atoms with Crippen molar-refractivity contribution in [2.75, 3.05) is 31.8 Å². The molecule has 0 aliphatic carbocycles. The number of amides is 1. The van der Waals surface area contributed by atoms with Gasteiger partial charge in [0.25, 0.3) is 0 Å². The van der Waals surface area contributed by atoms with Crippen molar-refractivity contribution in [2.45, 2.75) is 19.0 Å². The fraction of sp³-hybridized carbons (Fsp3) is 0.348. The van der Waals surface area contributed by atoms with Crippen molar-refractivity contribution in [1.29, 1.82) is 0 Å². The van der Waals surface area contributed by atoms with Gasteiger partial charge in [-0.1, -0.05) is 18.2 Å². The predicted octanol–water partition coefficient (Wildman–Crippen LogP) is 1.61. The van der Waals surface area contributed by atoms with Crippen LogP contribution < -0.4 is 20.5 Å². The molecule has 1 aromatic heterocycles. The van der Waals surface area contributed by atoms with Crippen LogP contribution >= 0.6 is 0 Å². The number of carbonyl (C=O) groups excluding carboxylic acids is 1. The van der Waals surface area contributed by atoms with Crippen LogP contribution in [0.25, 0.3) is 10.9 Å². The van der Waals surface area contributed by atoms with Gasteiger partial charge in [0, 0.05) is 42.8 Å². The number of hydrogen-bond donors (Lipinski definition) is 3. The minimum atomic E-state index is -3.65. The highest BCUT2D eigenvalue weighted by Crippen LogP contribution is 2.29. The Morgan fingerprint density at radius 1 is 1.24 bits per heavy atom. The second-order valence-electron chi connectivity index (χ2n) is 8.42. The third-order valence-corrected chi connectivity index (χ3v) is 6.42. The van der Waals surface area contributed by atoms with Crippen molar-refractivity contribution in [1.82, 2.24) is 19.6 Å². The minimum absolute atomic E-state index is 0.352. The summed E-state index contributed by atoms with van der Waals surface area (Å²) in [7, 11) is -2.03. The van der Waals surface area contributed by atoms with E-state index < -0.39 is 27.9 Å². The van der Waals surface area contributed by atoms with Gasteiger partial charge in [0.15, 0.2) is 0 Å². The van der Waals surface area contributed by atoms with Gasteiger partial charge >= 0.3 is 0 Å². The Labute approximate surface area is 198 Å². The van der Waals surface area contributed by atoms with E-state index in [0.29, 0.717) is 31.9 Å². The van der Waals surface area contributed by atoms with E-state index >= 15 is 0 Å². The van der Waals surface area contributed by atoms with Crippen LogP contribution in [0, 0.1) is 5.92 Å². The fourth-order valence-electron chi connectivity index (χ4n) is 4.20. The summed E-state index contributed by atoms with van der Waals surface area (Å²) in [6.45, 7) is 1.57. The molecule has 0 bridgehead atoms. The van der Waals surface area contributed by atoms with E-state index in [9.17, 15) is 13.2 Å². The number of carbonyl (C=O) groups is 1. The quantitative estimate of drug-likeness (QED) is 0.456. The second-order valence-corrected chi connectivity index (χ2v) is 10.2. The summed E-state index contributed by atoms with van der Waals surface area (Å²) < 4.78 is 30.4. The highest BCUT2D eigenvalue weighted by atomic mass is 32.2. The molecule has 0 saturated carbocycles. The summed E-state index contributed by atoms with van der Waals surface area (Å²) in [6.07, 6.45) is 3.06. The third-order valence-electron chi connectivity index (χ3n) is 5.85. The number of likely N-dealkylation sites (tertiary alicyclic amines) is 1. The summed E-state index contributed by atoms with van der Waals surface area (Å²) in [5.41, 5.74) is 8.76. The number of fused-ring (bicyclic) bond motifs is 1. The summed E-state index contributed by atoms with van der Waals surface area (Å²) in [5.74, 6) is 0.200.